The Morgan fingerprint density at radius 1 is 1.15 bits per heavy atom. The summed E-state index contributed by atoms with van der Waals surface area (Å²) in [5.74, 6) is -4.21. The third-order valence-corrected chi connectivity index (χ3v) is 6.54. The van der Waals surface area contributed by atoms with E-state index in [4.69, 9.17) is 5.11 Å². The molecule has 0 aromatic heterocycles. The quantitative estimate of drug-likeness (QED) is 0.724. The first kappa shape index (κ1) is 20.4. The third-order valence-electron chi connectivity index (χ3n) is 4.62. The lowest BCUT2D eigenvalue weighted by Crippen LogP contribution is -2.41. The molecule has 0 bridgehead atoms. The van der Waals surface area contributed by atoms with Crippen LogP contribution in [0.1, 0.15) is 48.9 Å². The summed E-state index contributed by atoms with van der Waals surface area (Å²) >= 11 is 0. The molecule has 0 saturated heterocycles. The molecule has 0 heterocycles. The maximum Gasteiger partial charge on any atom is 0.303 e. The molecule has 6 nitrogen and oxygen atoms in total. The minimum atomic E-state index is -3.86. The van der Waals surface area contributed by atoms with Crippen molar-refractivity contribution in [3.63, 3.8) is 0 Å². The van der Waals surface area contributed by atoms with Gasteiger partial charge in [-0.25, -0.2) is 17.2 Å². The van der Waals surface area contributed by atoms with Gasteiger partial charge in [0, 0.05) is 37.9 Å². The third kappa shape index (κ3) is 4.85. The molecule has 144 valence electrons. The molecular weight excluding hydrogens is 368 g/mol. The monoisotopic (exact) mass is 389 g/mol. The van der Waals surface area contributed by atoms with Gasteiger partial charge in [-0.3, -0.25) is 9.59 Å². The fraction of sp³-hybridized carbons (Fsp3) is 0.529. The van der Waals surface area contributed by atoms with Crippen molar-refractivity contribution in [2.45, 2.75) is 55.4 Å². The van der Waals surface area contributed by atoms with Crippen LogP contribution >= 0.6 is 0 Å². The van der Waals surface area contributed by atoms with Crippen molar-refractivity contribution in [2.75, 3.05) is 7.05 Å². The van der Waals surface area contributed by atoms with E-state index in [0.717, 1.165) is 4.31 Å². The highest BCUT2D eigenvalue weighted by molar-refractivity contribution is 7.89. The Bertz CT molecular complexity index is 767. The number of rotatable bonds is 7. The van der Waals surface area contributed by atoms with E-state index < -0.39 is 28.0 Å². The van der Waals surface area contributed by atoms with Crippen molar-refractivity contribution in [1.82, 2.24) is 4.31 Å². The lowest BCUT2D eigenvalue weighted by Gasteiger charge is -2.33. The van der Waals surface area contributed by atoms with E-state index in [2.05, 4.69) is 0 Å². The Hall–Kier alpha value is -1.87. The molecule has 2 rings (SSSR count). The number of ketones is 1. The number of carboxylic acid groups (broad SMARTS) is 1. The van der Waals surface area contributed by atoms with Crippen molar-refractivity contribution in [1.29, 1.82) is 0 Å². The summed E-state index contributed by atoms with van der Waals surface area (Å²) in [5, 5.41) is 8.59. The topological polar surface area (TPSA) is 91.8 Å². The number of hydrogen-bond donors (Lipinski definition) is 1. The second-order valence-electron chi connectivity index (χ2n) is 6.45. The number of aliphatic carboxylic acids is 1. The number of sulfonamides is 1. The van der Waals surface area contributed by atoms with Crippen molar-refractivity contribution in [3.05, 3.63) is 29.8 Å². The maximum absolute atomic E-state index is 13.3. The summed E-state index contributed by atoms with van der Waals surface area (Å²) in [5.41, 5.74) is 0.227. The summed E-state index contributed by atoms with van der Waals surface area (Å²) < 4.78 is 53.0. The van der Waals surface area contributed by atoms with Gasteiger partial charge in [0.25, 0.3) is 0 Å². The molecule has 1 aliphatic carbocycles. The van der Waals surface area contributed by atoms with Crippen LogP contribution in [-0.4, -0.2) is 48.6 Å². The maximum atomic E-state index is 13.3. The smallest absolute Gasteiger partial charge is 0.303 e. The molecule has 1 saturated carbocycles. The molecule has 1 aromatic carbocycles. The zero-order valence-corrected chi connectivity index (χ0v) is 15.1. The van der Waals surface area contributed by atoms with Gasteiger partial charge in [0.15, 0.2) is 5.78 Å². The molecule has 0 aliphatic heterocycles. The average Bonchev–Trinajstić information content (AvgIpc) is 2.59. The fourth-order valence-corrected chi connectivity index (χ4v) is 4.34. The van der Waals surface area contributed by atoms with Crippen LogP contribution in [0.15, 0.2) is 29.2 Å². The van der Waals surface area contributed by atoms with Crippen LogP contribution in [0.5, 0.6) is 0 Å². The van der Waals surface area contributed by atoms with E-state index in [9.17, 15) is 26.8 Å². The molecule has 0 radical (unpaired) electrons. The van der Waals surface area contributed by atoms with Crippen LogP contribution in [0.2, 0.25) is 0 Å². The van der Waals surface area contributed by atoms with E-state index in [0.29, 0.717) is 0 Å². The zero-order valence-electron chi connectivity index (χ0n) is 14.3. The molecule has 1 aliphatic rings. The number of nitrogens with zero attached hydrogens (tertiary/aromatic N) is 1. The largest absolute Gasteiger partial charge is 0.481 e. The van der Waals surface area contributed by atoms with Gasteiger partial charge < -0.3 is 5.11 Å². The molecule has 0 amide bonds. The highest BCUT2D eigenvalue weighted by Gasteiger charge is 2.39. The van der Waals surface area contributed by atoms with Gasteiger partial charge in [0.1, 0.15) is 0 Å². The van der Waals surface area contributed by atoms with Gasteiger partial charge in [0.05, 0.1) is 11.3 Å². The number of hydrogen-bond acceptors (Lipinski definition) is 4. The second-order valence-corrected chi connectivity index (χ2v) is 8.45. The Morgan fingerprint density at radius 2 is 1.69 bits per heavy atom. The molecule has 0 atom stereocenters. The second kappa shape index (κ2) is 7.79. The summed E-state index contributed by atoms with van der Waals surface area (Å²) in [6.07, 6.45) is -0.961. The Labute approximate surface area is 150 Å². The predicted molar refractivity (Wildman–Crippen MR) is 89.8 cm³/mol. The van der Waals surface area contributed by atoms with Gasteiger partial charge in [-0.15, -0.1) is 0 Å². The van der Waals surface area contributed by atoms with Crippen LogP contribution in [0, 0.1) is 0 Å². The Balaban J connectivity index is 2.09. The molecule has 1 N–H and O–H groups in total. The Kier molecular flexibility index (Phi) is 6.13. The van der Waals surface area contributed by atoms with Crippen molar-refractivity contribution in [3.8, 4) is 0 Å². The van der Waals surface area contributed by atoms with Gasteiger partial charge >= 0.3 is 5.97 Å². The van der Waals surface area contributed by atoms with Crippen molar-refractivity contribution >= 4 is 21.8 Å². The fourth-order valence-electron chi connectivity index (χ4n) is 2.93. The van der Waals surface area contributed by atoms with E-state index in [1.54, 1.807) is 0 Å². The molecule has 0 spiro atoms. The number of carboxylic acids is 1. The zero-order chi connectivity index (χ0) is 19.5. The van der Waals surface area contributed by atoms with Crippen LogP contribution < -0.4 is 0 Å². The first-order chi connectivity index (χ1) is 12.0. The lowest BCUT2D eigenvalue weighted by atomic mass is 9.92. The lowest BCUT2D eigenvalue weighted by molar-refractivity contribution is -0.136. The summed E-state index contributed by atoms with van der Waals surface area (Å²) in [6.45, 7) is 0. The Morgan fingerprint density at radius 3 is 2.19 bits per heavy atom. The first-order valence-electron chi connectivity index (χ1n) is 8.24. The molecule has 1 fully saturated rings. The minimum Gasteiger partial charge on any atom is -0.481 e. The predicted octanol–water partition coefficient (Wildman–Crippen LogP) is 2.93. The van der Waals surface area contributed by atoms with Gasteiger partial charge in [-0.1, -0.05) is 12.1 Å². The summed E-state index contributed by atoms with van der Waals surface area (Å²) in [6, 6.07) is 4.73. The van der Waals surface area contributed by atoms with Crippen LogP contribution in [0.25, 0.3) is 0 Å². The van der Waals surface area contributed by atoms with E-state index in [-0.39, 0.29) is 54.8 Å². The van der Waals surface area contributed by atoms with E-state index in [1.165, 1.54) is 31.3 Å². The van der Waals surface area contributed by atoms with Gasteiger partial charge in [0.2, 0.25) is 15.9 Å². The minimum absolute atomic E-state index is 0.0351. The highest BCUT2D eigenvalue weighted by Crippen LogP contribution is 2.36. The van der Waals surface area contributed by atoms with Crippen LogP contribution in [0.3, 0.4) is 0 Å². The van der Waals surface area contributed by atoms with E-state index in [1.807, 2.05) is 0 Å². The number of carbonyl (C=O) groups excluding carboxylic acids is 1. The van der Waals surface area contributed by atoms with Crippen molar-refractivity contribution < 1.29 is 31.9 Å². The normalized spacial score (nSPS) is 18.0. The van der Waals surface area contributed by atoms with E-state index >= 15 is 0 Å². The number of Topliss-reactive ketones (excluding diaryl/α,β-unsaturated/α-hetero) is 1. The number of halogens is 2. The molecule has 1 aromatic rings. The first-order valence-corrected chi connectivity index (χ1v) is 9.68. The van der Waals surface area contributed by atoms with Crippen molar-refractivity contribution in [2.24, 2.45) is 0 Å². The van der Waals surface area contributed by atoms with Gasteiger partial charge in [-0.05, 0) is 25.0 Å². The van der Waals surface area contributed by atoms with Crippen LogP contribution in [-0.2, 0) is 14.8 Å². The molecule has 26 heavy (non-hydrogen) atoms. The number of benzene rings is 1. The summed E-state index contributed by atoms with van der Waals surface area (Å²) in [4.78, 5) is 22.3. The average molecular weight is 389 g/mol. The standard InChI is InChI=1S/C17H21F2NO5S/c1-20(13-8-10-17(18,19)11-9-13)26(24,25)14-4-2-12(3-5-14)15(21)6-7-16(22)23/h2-5,13H,6-11H2,1H3,(H,22,23). The molecule has 9 heteroatoms. The summed E-state index contributed by atoms with van der Waals surface area (Å²) in [7, 11) is -2.49. The highest BCUT2D eigenvalue weighted by atomic mass is 32.2. The van der Waals surface area contributed by atoms with Crippen LogP contribution in [0.4, 0.5) is 8.78 Å². The number of carbonyl (C=O) groups is 2. The number of alkyl halides is 2. The molecule has 0 unspecified atom stereocenters. The molecular formula is C17H21F2NO5S. The SMILES string of the molecule is CN(C1CCC(F)(F)CC1)S(=O)(=O)c1ccc(C(=O)CCC(=O)O)cc1. The van der Waals surface area contributed by atoms with Gasteiger partial charge in [-0.2, -0.15) is 4.31 Å².